The van der Waals surface area contributed by atoms with Gasteiger partial charge in [0.1, 0.15) is 0 Å². The fourth-order valence-electron chi connectivity index (χ4n) is 1.69. The van der Waals surface area contributed by atoms with Gasteiger partial charge in [0.25, 0.3) is 0 Å². The maximum atomic E-state index is 11.6. The van der Waals surface area contributed by atoms with E-state index in [1.165, 1.54) is 0 Å². The Morgan fingerprint density at radius 1 is 1.31 bits per heavy atom. The Balaban J connectivity index is 2.58. The van der Waals surface area contributed by atoms with Crippen LogP contribution in [-0.2, 0) is 4.79 Å². The molecule has 0 saturated carbocycles. The zero-order valence-corrected chi connectivity index (χ0v) is 8.49. The minimum Gasteiger partial charge on any atom is -0.391 e. The number of aliphatic hydroxyl groups excluding tert-OH is 1. The van der Waals surface area contributed by atoms with Crippen LogP contribution in [0.25, 0.3) is 0 Å². The third-order valence-corrected chi connectivity index (χ3v) is 2.80. The lowest BCUT2D eigenvalue weighted by Crippen LogP contribution is -2.43. The Morgan fingerprint density at radius 3 is 2.62 bits per heavy atom. The zero-order valence-electron chi connectivity index (χ0n) is 8.49. The number of carbonyl (C=O) groups excluding carboxylic acids is 1. The third-order valence-electron chi connectivity index (χ3n) is 2.80. The highest BCUT2D eigenvalue weighted by molar-refractivity contribution is 5.76. The topological polar surface area (TPSA) is 40.5 Å². The summed E-state index contributed by atoms with van der Waals surface area (Å²) in [6.45, 7) is 4.46. The average molecular weight is 185 g/mol. The van der Waals surface area contributed by atoms with Gasteiger partial charge in [-0.15, -0.1) is 0 Å². The van der Waals surface area contributed by atoms with Crippen LogP contribution >= 0.6 is 0 Å². The van der Waals surface area contributed by atoms with Crippen molar-refractivity contribution in [2.24, 2.45) is 0 Å². The van der Waals surface area contributed by atoms with Crippen molar-refractivity contribution in [1.82, 2.24) is 4.90 Å². The molecule has 3 heteroatoms. The van der Waals surface area contributed by atoms with Crippen LogP contribution in [0.1, 0.15) is 39.5 Å². The molecule has 0 aromatic rings. The number of rotatable bonds is 2. The molecule has 0 aliphatic carbocycles. The predicted molar refractivity (Wildman–Crippen MR) is 51.3 cm³/mol. The van der Waals surface area contributed by atoms with E-state index in [-0.39, 0.29) is 11.9 Å². The van der Waals surface area contributed by atoms with Crippen molar-refractivity contribution in [3.63, 3.8) is 0 Å². The second-order valence-corrected chi connectivity index (χ2v) is 3.88. The molecular weight excluding hydrogens is 166 g/mol. The number of hydrogen-bond donors (Lipinski definition) is 1. The van der Waals surface area contributed by atoms with Crippen LogP contribution in [-0.4, -0.2) is 34.6 Å². The van der Waals surface area contributed by atoms with E-state index in [1.807, 2.05) is 11.8 Å². The third kappa shape index (κ3) is 2.69. The molecule has 76 valence electrons. The van der Waals surface area contributed by atoms with Crippen LogP contribution in [0.15, 0.2) is 0 Å². The maximum Gasteiger partial charge on any atom is 0.222 e. The molecule has 1 N–H and O–H groups in total. The summed E-state index contributed by atoms with van der Waals surface area (Å²) in [5, 5.41) is 9.39. The predicted octanol–water partition coefficient (Wildman–Crippen LogP) is 1.16. The number of aliphatic hydroxyl groups is 1. The minimum atomic E-state index is -0.429. The molecule has 1 heterocycles. The molecule has 0 aromatic carbocycles. The van der Waals surface area contributed by atoms with Crippen molar-refractivity contribution in [2.75, 3.05) is 6.54 Å². The summed E-state index contributed by atoms with van der Waals surface area (Å²) < 4.78 is 0. The van der Waals surface area contributed by atoms with E-state index in [0.717, 1.165) is 25.8 Å². The Hall–Kier alpha value is -0.570. The smallest absolute Gasteiger partial charge is 0.222 e. The molecule has 13 heavy (non-hydrogen) atoms. The van der Waals surface area contributed by atoms with Gasteiger partial charge in [-0.2, -0.15) is 0 Å². The van der Waals surface area contributed by atoms with E-state index in [4.69, 9.17) is 0 Å². The molecule has 1 amide bonds. The van der Waals surface area contributed by atoms with Crippen LogP contribution in [0.2, 0.25) is 0 Å². The lowest BCUT2D eigenvalue weighted by Gasteiger charge is -2.29. The van der Waals surface area contributed by atoms with E-state index >= 15 is 0 Å². The molecule has 1 fully saturated rings. The highest BCUT2D eigenvalue weighted by Gasteiger charge is 2.24. The average Bonchev–Trinajstić information content (AvgIpc) is 2.28. The number of carbonyl (C=O) groups is 1. The first-order valence-electron chi connectivity index (χ1n) is 5.10. The minimum absolute atomic E-state index is 0.0365. The van der Waals surface area contributed by atoms with Crippen molar-refractivity contribution in [3.05, 3.63) is 0 Å². The SMILES string of the molecule is CC(O)C(C)N1CCCCCC1=O. The van der Waals surface area contributed by atoms with Gasteiger partial charge in [-0.05, 0) is 26.7 Å². The number of nitrogens with zero attached hydrogens (tertiary/aromatic N) is 1. The second kappa shape index (κ2) is 4.61. The standard InChI is InChI=1S/C10H19NO2/c1-8(9(2)12)11-7-5-3-4-6-10(11)13/h8-9,12H,3-7H2,1-2H3. The molecule has 0 aromatic heterocycles. The Kier molecular flexibility index (Phi) is 3.72. The summed E-state index contributed by atoms with van der Waals surface area (Å²) in [6, 6.07) is -0.0365. The van der Waals surface area contributed by atoms with Crippen LogP contribution in [0.5, 0.6) is 0 Å². The molecule has 0 radical (unpaired) electrons. The van der Waals surface area contributed by atoms with Gasteiger partial charge >= 0.3 is 0 Å². The van der Waals surface area contributed by atoms with Gasteiger partial charge in [-0.3, -0.25) is 4.79 Å². The number of likely N-dealkylation sites (tertiary alicyclic amines) is 1. The van der Waals surface area contributed by atoms with Gasteiger partial charge in [0.15, 0.2) is 0 Å². The number of hydrogen-bond acceptors (Lipinski definition) is 2. The van der Waals surface area contributed by atoms with Gasteiger partial charge in [0, 0.05) is 13.0 Å². The number of amides is 1. The van der Waals surface area contributed by atoms with Gasteiger partial charge < -0.3 is 10.0 Å². The van der Waals surface area contributed by atoms with Crippen molar-refractivity contribution >= 4 is 5.91 Å². The fourth-order valence-corrected chi connectivity index (χ4v) is 1.69. The van der Waals surface area contributed by atoms with Crippen LogP contribution in [0, 0.1) is 0 Å². The largest absolute Gasteiger partial charge is 0.391 e. The quantitative estimate of drug-likeness (QED) is 0.701. The highest BCUT2D eigenvalue weighted by atomic mass is 16.3. The Bertz CT molecular complexity index is 180. The van der Waals surface area contributed by atoms with E-state index in [9.17, 15) is 9.90 Å². The molecule has 1 aliphatic heterocycles. The summed E-state index contributed by atoms with van der Waals surface area (Å²) >= 11 is 0. The molecule has 1 rings (SSSR count). The molecule has 0 spiro atoms. The van der Waals surface area contributed by atoms with E-state index in [1.54, 1.807) is 6.92 Å². The first-order valence-corrected chi connectivity index (χ1v) is 5.10. The van der Waals surface area contributed by atoms with Crippen LogP contribution < -0.4 is 0 Å². The summed E-state index contributed by atoms with van der Waals surface area (Å²) in [5.41, 5.74) is 0. The lowest BCUT2D eigenvalue weighted by atomic mass is 10.1. The first-order chi connectivity index (χ1) is 6.13. The summed E-state index contributed by atoms with van der Waals surface area (Å²) in [7, 11) is 0. The molecule has 1 saturated heterocycles. The highest BCUT2D eigenvalue weighted by Crippen LogP contribution is 2.15. The van der Waals surface area contributed by atoms with E-state index < -0.39 is 6.10 Å². The Morgan fingerprint density at radius 2 is 2.00 bits per heavy atom. The van der Waals surface area contributed by atoms with Gasteiger partial charge in [0.05, 0.1) is 12.1 Å². The molecule has 1 aliphatic rings. The molecule has 0 bridgehead atoms. The van der Waals surface area contributed by atoms with Crippen LogP contribution in [0.3, 0.4) is 0 Å². The monoisotopic (exact) mass is 185 g/mol. The normalized spacial score (nSPS) is 23.9. The van der Waals surface area contributed by atoms with E-state index in [2.05, 4.69) is 0 Å². The van der Waals surface area contributed by atoms with E-state index in [0.29, 0.717) is 6.42 Å². The summed E-state index contributed by atoms with van der Waals surface area (Å²) in [5.74, 6) is 0.200. The summed E-state index contributed by atoms with van der Waals surface area (Å²) in [6.07, 6.45) is 3.43. The molecule has 3 nitrogen and oxygen atoms in total. The molecular formula is C10H19NO2. The molecule has 2 unspecified atom stereocenters. The van der Waals surface area contributed by atoms with Crippen molar-refractivity contribution in [1.29, 1.82) is 0 Å². The lowest BCUT2D eigenvalue weighted by molar-refractivity contribution is -0.134. The fraction of sp³-hybridized carbons (Fsp3) is 0.900. The van der Waals surface area contributed by atoms with Gasteiger partial charge in [-0.25, -0.2) is 0 Å². The molecule has 2 atom stereocenters. The zero-order chi connectivity index (χ0) is 9.84. The Labute approximate surface area is 79.7 Å². The first kappa shape index (κ1) is 10.5. The summed E-state index contributed by atoms with van der Waals surface area (Å²) in [4.78, 5) is 13.4. The van der Waals surface area contributed by atoms with Crippen LogP contribution in [0.4, 0.5) is 0 Å². The van der Waals surface area contributed by atoms with Gasteiger partial charge in [0.2, 0.25) is 5.91 Å². The van der Waals surface area contributed by atoms with Gasteiger partial charge in [-0.1, -0.05) is 6.42 Å². The van der Waals surface area contributed by atoms with Crippen molar-refractivity contribution in [3.8, 4) is 0 Å². The van der Waals surface area contributed by atoms with Crippen molar-refractivity contribution in [2.45, 2.75) is 51.7 Å². The second-order valence-electron chi connectivity index (χ2n) is 3.88. The van der Waals surface area contributed by atoms with Crippen molar-refractivity contribution < 1.29 is 9.90 Å². The maximum absolute atomic E-state index is 11.6.